The van der Waals surface area contributed by atoms with E-state index in [1.807, 2.05) is 7.05 Å². The van der Waals surface area contributed by atoms with Crippen molar-refractivity contribution in [1.82, 2.24) is 0 Å². The number of hydrogen-bond acceptors (Lipinski definition) is 0. The van der Waals surface area contributed by atoms with Crippen LogP contribution in [0.2, 0.25) is 0 Å². The fraction of sp³-hybridized carbons (Fsp3) is 1.00. The molecule has 1 N–H and O–H groups in total. The van der Waals surface area contributed by atoms with Crippen LogP contribution in [0.25, 0.3) is 5.84 Å². The lowest BCUT2D eigenvalue weighted by Gasteiger charge is -2.32. The van der Waals surface area contributed by atoms with E-state index in [1.54, 1.807) is 0 Å². The quantitative estimate of drug-likeness (QED) is 0.408. The van der Waals surface area contributed by atoms with Crippen molar-refractivity contribution in [3.63, 3.8) is 0 Å². The summed E-state index contributed by atoms with van der Waals surface area (Å²) in [6.07, 6.45) is 2.50. The molecule has 2 nitrogen and oxygen atoms in total. The summed E-state index contributed by atoms with van der Waals surface area (Å²) < 4.78 is 0.500. The summed E-state index contributed by atoms with van der Waals surface area (Å²) in [5, 5.41) is 0. The lowest BCUT2D eigenvalue weighted by molar-refractivity contribution is -0.847. The summed E-state index contributed by atoms with van der Waals surface area (Å²) in [5.41, 5.74) is 0. The van der Waals surface area contributed by atoms with Crippen molar-refractivity contribution in [1.29, 1.82) is 0 Å². The van der Waals surface area contributed by atoms with Gasteiger partial charge in [0.1, 0.15) is 0 Å². The molecule has 1 aliphatic heterocycles. The Kier molecular flexibility index (Phi) is 1.05. The van der Waals surface area contributed by atoms with Gasteiger partial charge in [-0.1, -0.05) is 0 Å². The van der Waals surface area contributed by atoms with Crippen LogP contribution in [0.15, 0.2) is 0 Å². The second-order valence-electron chi connectivity index (χ2n) is 2.55. The van der Waals surface area contributed by atoms with Gasteiger partial charge in [-0.15, -0.1) is 0 Å². The summed E-state index contributed by atoms with van der Waals surface area (Å²) in [6, 6.07) is 0. The van der Waals surface area contributed by atoms with Crippen molar-refractivity contribution in [2.24, 2.45) is 0 Å². The highest BCUT2D eigenvalue weighted by molar-refractivity contribution is 4.49. The van der Waals surface area contributed by atoms with Crippen LogP contribution in [-0.4, -0.2) is 24.7 Å². The van der Waals surface area contributed by atoms with Gasteiger partial charge in [0.2, 0.25) is 0 Å². The van der Waals surface area contributed by atoms with Crippen molar-refractivity contribution in [3.8, 4) is 0 Å². The minimum absolute atomic E-state index is 0.500. The molecule has 0 spiro atoms. The molecule has 0 saturated carbocycles. The van der Waals surface area contributed by atoms with Gasteiger partial charge in [-0.2, -0.15) is 0 Å². The standard InChI is InChI=1S/C5H12N2/c1-7(6)4-2-3-5-7/h6H,2-5H2,1H3. The summed E-state index contributed by atoms with van der Waals surface area (Å²) in [4.78, 5) is 0. The zero-order valence-electron chi connectivity index (χ0n) is 4.78. The Labute approximate surface area is 44.5 Å². The predicted octanol–water partition coefficient (Wildman–Crippen LogP) is 1.19. The summed E-state index contributed by atoms with van der Waals surface area (Å²) >= 11 is 0. The Balaban J connectivity index is 2.40. The van der Waals surface area contributed by atoms with Gasteiger partial charge in [0.05, 0.1) is 20.1 Å². The Morgan fingerprint density at radius 1 is 1.29 bits per heavy atom. The molecule has 0 aliphatic carbocycles. The van der Waals surface area contributed by atoms with Crippen LogP contribution < -0.4 is 0 Å². The van der Waals surface area contributed by atoms with Crippen molar-refractivity contribution in [2.75, 3.05) is 20.1 Å². The zero-order valence-corrected chi connectivity index (χ0v) is 4.78. The van der Waals surface area contributed by atoms with Gasteiger partial charge in [0, 0.05) is 12.8 Å². The minimum Gasteiger partial charge on any atom is -0.468 e. The molecular weight excluding hydrogens is 88.1 g/mol. The first kappa shape index (κ1) is 5.06. The van der Waals surface area contributed by atoms with Crippen LogP contribution in [0.3, 0.4) is 0 Å². The number of hydrogen-bond donors (Lipinski definition) is 0. The average Bonchev–Trinajstić information content (AvgIpc) is 1.84. The van der Waals surface area contributed by atoms with Crippen molar-refractivity contribution < 1.29 is 4.59 Å². The fourth-order valence-corrected chi connectivity index (χ4v) is 1.03. The zero-order chi connectivity index (χ0) is 5.33. The second kappa shape index (κ2) is 1.46. The predicted molar refractivity (Wildman–Crippen MR) is 29.5 cm³/mol. The molecular formula is C5H12N2. The maximum absolute atomic E-state index is 7.42. The summed E-state index contributed by atoms with van der Waals surface area (Å²) in [5.74, 6) is 7.42. The van der Waals surface area contributed by atoms with Crippen LogP contribution in [0.5, 0.6) is 0 Å². The summed E-state index contributed by atoms with van der Waals surface area (Å²) in [6.45, 7) is 2.11. The minimum atomic E-state index is 0.500. The monoisotopic (exact) mass is 100 g/mol. The molecule has 0 atom stereocenters. The van der Waals surface area contributed by atoms with E-state index in [9.17, 15) is 0 Å². The van der Waals surface area contributed by atoms with Gasteiger partial charge in [-0.05, 0) is 0 Å². The number of rotatable bonds is 0. The van der Waals surface area contributed by atoms with E-state index in [0.717, 1.165) is 13.1 Å². The van der Waals surface area contributed by atoms with Crippen LogP contribution in [0, 0.1) is 0 Å². The maximum Gasteiger partial charge on any atom is 0.0697 e. The molecule has 42 valence electrons. The second-order valence-corrected chi connectivity index (χ2v) is 2.55. The molecule has 0 aromatic rings. The van der Waals surface area contributed by atoms with Crippen LogP contribution in [0.4, 0.5) is 0 Å². The third-order valence-electron chi connectivity index (χ3n) is 1.55. The molecule has 2 heteroatoms. The highest BCUT2D eigenvalue weighted by Gasteiger charge is 2.14. The van der Waals surface area contributed by atoms with E-state index in [2.05, 4.69) is 0 Å². The first-order chi connectivity index (χ1) is 3.21. The number of nitrogens with zero attached hydrogens (tertiary/aromatic N) is 1. The lowest BCUT2D eigenvalue weighted by atomic mass is 10.4. The molecule has 1 rings (SSSR count). The molecule has 0 amide bonds. The number of quaternary nitrogens is 1. The van der Waals surface area contributed by atoms with Gasteiger partial charge in [-0.25, -0.2) is 0 Å². The fourth-order valence-electron chi connectivity index (χ4n) is 1.03. The van der Waals surface area contributed by atoms with E-state index in [0.29, 0.717) is 4.59 Å². The summed E-state index contributed by atoms with van der Waals surface area (Å²) in [7, 11) is 1.97. The molecule has 1 heterocycles. The van der Waals surface area contributed by atoms with Gasteiger partial charge >= 0.3 is 0 Å². The third-order valence-corrected chi connectivity index (χ3v) is 1.55. The van der Waals surface area contributed by atoms with Crippen molar-refractivity contribution in [2.45, 2.75) is 12.8 Å². The molecule has 0 aromatic heterocycles. The molecule has 0 bridgehead atoms. The Hall–Kier alpha value is -0.0800. The van der Waals surface area contributed by atoms with Crippen LogP contribution in [0.1, 0.15) is 12.8 Å². The number of likely N-dealkylation sites (tertiary alicyclic amines) is 1. The van der Waals surface area contributed by atoms with Gasteiger partial charge < -0.3 is 10.4 Å². The normalized spacial score (nSPS) is 28.3. The van der Waals surface area contributed by atoms with E-state index in [4.69, 9.17) is 5.84 Å². The van der Waals surface area contributed by atoms with E-state index in [-0.39, 0.29) is 0 Å². The number of nitrogens with one attached hydrogen (secondary N) is 1. The Morgan fingerprint density at radius 2 is 1.71 bits per heavy atom. The van der Waals surface area contributed by atoms with Gasteiger partial charge in [0.25, 0.3) is 0 Å². The maximum atomic E-state index is 7.42. The SMILES string of the molecule is C[N+]1([NH-])CCCC1. The third kappa shape index (κ3) is 1.14. The van der Waals surface area contributed by atoms with E-state index < -0.39 is 0 Å². The molecule has 1 saturated heterocycles. The topological polar surface area (TPSA) is 23.8 Å². The van der Waals surface area contributed by atoms with Crippen molar-refractivity contribution >= 4 is 0 Å². The lowest BCUT2D eigenvalue weighted by Crippen LogP contribution is -2.30. The molecule has 7 heavy (non-hydrogen) atoms. The van der Waals surface area contributed by atoms with Crippen LogP contribution >= 0.6 is 0 Å². The molecule has 0 radical (unpaired) electrons. The van der Waals surface area contributed by atoms with Gasteiger partial charge in [-0.3, -0.25) is 0 Å². The first-order valence-corrected chi connectivity index (χ1v) is 2.80. The highest BCUT2D eigenvalue weighted by Crippen LogP contribution is 2.14. The first-order valence-electron chi connectivity index (χ1n) is 2.80. The van der Waals surface area contributed by atoms with E-state index >= 15 is 0 Å². The van der Waals surface area contributed by atoms with Crippen LogP contribution in [-0.2, 0) is 0 Å². The highest BCUT2D eigenvalue weighted by atomic mass is 15.6. The molecule has 1 fully saturated rings. The molecule has 1 aliphatic rings. The molecule has 0 unspecified atom stereocenters. The van der Waals surface area contributed by atoms with Crippen molar-refractivity contribution in [3.05, 3.63) is 5.84 Å². The molecule has 0 aromatic carbocycles. The Morgan fingerprint density at radius 3 is 1.86 bits per heavy atom. The largest absolute Gasteiger partial charge is 0.468 e. The van der Waals surface area contributed by atoms with Gasteiger partial charge in [0.15, 0.2) is 0 Å². The Bertz CT molecular complexity index is 60.5. The smallest absolute Gasteiger partial charge is 0.0697 e. The van der Waals surface area contributed by atoms with E-state index in [1.165, 1.54) is 12.8 Å². The average molecular weight is 100 g/mol.